The fourth-order valence-corrected chi connectivity index (χ4v) is 1.91. The van der Waals surface area contributed by atoms with E-state index in [1.807, 2.05) is 4.57 Å². The van der Waals surface area contributed by atoms with Crippen LogP contribution in [0.15, 0.2) is 12.5 Å². The minimum absolute atomic E-state index is 0.416. The molecule has 0 unspecified atom stereocenters. The molecule has 1 heterocycles. The van der Waals surface area contributed by atoms with Gasteiger partial charge < -0.3 is 4.57 Å². The third-order valence-electron chi connectivity index (χ3n) is 1.88. The summed E-state index contributed by atoms with van der Waals surface area (Å²) in [7, 11) is -3.08. The van der Waals surface area contributed by atoms with Gasteiger partial charge in [0.15, 0.2) is 0 Å². The van der Waals surface area contributed by atoms with Crippen LogP contribution in [0.1, 0.15) is 12.1 Å². The summed E-state index contributed by atoms with van der Waals surface area (Å²) < 4.78 is 25.9. The summed E-state index contributed by atoms with van der Waals surface area (Å²) in [5.41, 5.74) is 0.941. The van der Waals surface area contributed by atoms with Crippen LogP contribution in [-0.4, -0.2) is 30.8 Å². The van der Waals surface area contributed by atoms with Gasteiger partial charge >= 0.3 is 0 Å². The van der Waals surface area contributed by atoms with E-state index in [0.717, 1.165) is 11.9 Å². The van der Waals surface area contributed by atoms with Crippen molar-refractivity contribution in [2.24, 2.45) is 0 Å². The molecular weight excluding hydrogens is 238 g/mol. The number of sulfonamides is 1. The summed E-state index contributed by atoms with van der Waals surface area (Å²) in [5.74, 6) is 0.416. The fourth-order valence-electron chi connectivity index (χ4n) is 1.17. The highest BCUT2D eigenvalue weighted by Gasteiger charge is 2.02. The first kappa shape index (κ1) is 12.5. The second kappa shape index (κ2) is 5.48. The van der Waals surface area contributed by atoms with Gasteiger partial charge in [-0.1, -0.05) is 0 Å². The van der Waals surface area contributed by atoms with Crippen molar-refractivity contribution in [3.63, 3.8) is 0 Å². The Kier molecular flexibility index (Phi) is 4.56. The summed E-state index contributed by atoms with van der Waals surface area (Å²) in [6.07, 6.45) is 5.26. The van der Waals surface area contributed by atoms with Crippen LogP contribution in [0.3, 0.4) is 0 Å². The van der Waals surface area contributed by atoms with E-state index in [9.17, 15) is 8.42 Å². The number of nitrogens with one attached hydrogen (secondary N) is 1. The molecule has 86 valence electrons. The molecule has 0 aliphatic carbocycles. The quantitative estimate of drug-likeness (QED) is 0.594. The number of hydrogen-bond acceptors (Lipinski definition) is 3. The van der Waals surface area contributed by atoms with E-state index in [1.165, 1.54) is 0 Å². The summed E-state index contributed by atoms with van der Waals surface area (Å²) in [6.45, 7) is 1.14. The third kappa shape index (κ3) is 4.63. The Morgan fingerprint density at radius 2 is 2.33 bits per heavy atom. The van der Waals surface area contributed by atoms with E-state index in [2.05, 4.69) is 9.71 Å². The van der Waals surface area contributed by atoms with Gasteiger partial charge in [-0.2, -0.15) is 0 Å². The van der Waals surface area contributed by atoms with Crippen LogP contribution in [-0.2, 0) is 22.4 Å². The molecule has 0 bridgehead atoms. The van der Waals surface area contributed by atoms with Crippen molar-refractivity contribution in [1.82, 2.24) is 14.3 Å². The lowest BCUT2D eigenvalue weighted by Gasteiger charge is -2.06. The molecule has 0 saturated heterocycles. The summed E-state index contributed by atoms with van der Waals surface area (Å²) in [5, 5.41) is 0. The van der Waals surface area contributed by atoms with Crippen LogP contribution in [0.2, 0.25) is 0 Å². The second-order valence-electron chi connectivity index (χ2n) is 3.23. The molecule has 1 aromatic rings. The molecule has 0 atom stereocenters. The third-order valence-corrected chi connectivity index (χ3v) is 2.88. The van der Waals surface area contributed by atoms with E-state index in [4.69, 9.17) is 11.6 Å². The minimum Gasteiger partial charge on any atom is -0.333 e. The number of hydrogen-bond donors (Lipinski definition) is 1. The number of rotatable bonds is 6. The molecule has 1 N–H and O–H groups in total. The largest absolute Gasteiger partial charge is 0.333 e. The van der Waals surface area contributed by atoms with Crippen molar-refractivity contribution in [2.45, 2.75) is 18.8 Å². The standard InChI is InChI=1S/C8H14ClN3O2S/c1-15(13,14)11-3-2-4-12-7-10-6-8(12)5-9/h6-7,11H,2-5H2,1H3. The van der Waals surface area contributed by atoms with Crippen molar-refractivity contribution in [1.29, 1.82) is 0 Å². The highest BCUT2D eigenvalue weighted by molar-refractivity contribution is 7.88. The van der Waals surface area contributed by atoms with Gasteiger partial charge in [0.1, 0.15) is 0 Å². The SMILES string of the molecule is CS(=O)(=O)NCCCn1cncc1CCl. The first-order valence-electron chi connectivity index (χ1n) is 4.52. The van der Waals surface area contributed by atoms with Gasteiger partial charge in [-0.15, -0.1) is 11.6 Å². The van der Waals surface area contributed by atoms with E-state index in [0.29, 0.717) is 25.4 Å². The Bertz CT molecular complexity index is 402. The first-order valence-corrected chi connectivity index (χ1v) is 6.95. The Morgan fingerprint density at radius 1 is 1.60 bits per heavy atom. The van der Waals surface area contributed by atoms with Gasteiger partial charge in [0, 0.05) is 19.3 Å². The van der Waals surface area contributed by atoms with E-state index in [-0.39, 0.29) is 0 Å². The molecule has 0 fully saturated rings. The maximum Gasteiger partial charge on any atom is 0.208 e. The lowest BCUT2D eigenvalue weighted by atomic mass is 10.4. The Hall–Kier alpha value is -0.590. The average molecular weight is 252 g/mol. The number of aromatic nitrogens is 2. The summed E-state index contributed by atoms with van der Waals surface area (Å²) in [6, 6.07) is 0. The van der Waals surface area contributed by atoms with Gasteiger partial charge in [0.05, 0.1) is 24.2 Å². The molecule has 0 aliphatic heterocycles. The van der Waals surface area contributed by atoms with Crippen molar-refractivity contribution < 1.29 is 8.42 Å². The highest BCUT2D eigenvalue weighted by Crippen LogP contribution is 2.03. The molecule has 0 spiro atoms. The highest BCUT2D eigenvalue weighted by atomic mass is 35.5. The predicted octanol–water partition coefficient (Wildman–Crippen LogP) is 0.561. The van der Waals surface area contributed by atoms with E-state index < -0.39 is 10.0 Å². The van der Waals surface area contributed by atoms with Crippen LogP contribution < -0.4 is 4.72 Å². The molecule has 1 aromatic heterocycles. The second-order valence-corrected chi connectivity index (χ2v) is 5.33. The van der Waals surface area contributed by atoms with Crippen LogP contribution in [0.25, 0.3) is 0 Å². The molecule has 0 aliphatic rings. The summed E-state index contributed by atoms with van der Waals surface area (Å²) in [4.78, 5) is 3.96. The molecule has 15 heavy (non-hydrogen) atoms. The fraction of sp³-hybridized carbons (Fsp3) is 0.625. The van der Waals surface area contributed by atoms with Gasteiger partial charge in [-0.05, 0) is 6.42 Å². The smallest absolute Gasteiger partial charge is 0.208 e. The summed E-state index contributed by atoms with van der Waals surface area (Å²) >= 11 is 5.69. The van der Waals surface area contributed by atoms with Crippen molar-refractivity contribution in [3.8, 4) is 0 Å². The van der Waals surface area contributed by atoms with Gasteiger partial charge in [-0.25, -0.2) is 18.1 Å². The Labute approximate surface area is 94.5 Å². The molecule has 0 radical (unpaired) electrons. The number of nitrogens with zero attached hydrogens (tertiary/aromatic N) is 2. The molecular formula is C8H14ClN3O2S. The number of alkyl halides is 1. The average Bonchev–Trinajstić information content (AvgIpc) is 2.58. The maximum absolute atomic E-state index is 10.8. The van der Waals surface area contributed by atoms with Crippen molar-refractivity contribution >= 4 is 21.6 Å². The van der Waals surface area contributed by atoms with Crippen LogP contribution in [0, 0.1) is 0 Å². The number of imidazole rings is 1. The maximum atomic E-state index is 10.8. The molecule has 0 saturated carbocycles. The Morgan fingerprint density at radius 3 is 2.93 bits per heavy atom. The van der Waals surface area contributed by atoms with Gasteiger partial charge in [0.2, 0.25) is 10.0 Å². The Balaban J connectivity index is 2.32. The number of halogens is 1. The lowest BCUT2D eigenvalue weighted by molar-refractivity contribution is 0.573. The lowest BCUT2D eigenvalue weighted by Crippen LogP contribution is -2.23. The zero-order valence-corrected chi connectivity index (χ0v) is 10.1. The zero-order valence-electron chi connectivity index (χ0n) is 8.48. The van der Waals surface area contributed by atoms with Crippen LogP contribution >= 0.6 is 11.6 Å². The molecule has 5 nitrogen and oxygen atoms in total. The predicted molar refractivity (Wildman–Crippen MR) is 59.2 cm³/mol. The minimum atomic E-state index is -3.08. The van der Waals surface area contributed by atoms with Gasteiger partial charge in [-0.3, -0.25) is 0 Å². The molecule has 1 rings (SSSR count). The van der Waals surface area contributed by atoms with Crippen molar-refractivity contribution in [2.75, 3.05) is 12.8 Å². The number of aryl methyl sites for hydroxylation is 1. The van der Waals surface area contributed by atoms with E-state index in [1.54, 1.807) is 12.5 Å². The van der Waals surface area contributed by atoms with Gasteiger partial charge in [0.25, 0.3) is 0 Å². The zero-order chi connectivity index (χ0) is 11.3. The molecule has 0 aromatic carbocycles. The van der Waals surface area contributed by atoms with Crippen molar-refractivity contribution in [3.05, 3.63) is 18.2 Å². The van der Waals surface area contributed by atoms with Crippen LogP contribution in [0.4, 0.5) is 0 Å². The van der Waals surface area contributed by atoms with E-state index >= 15 is 0 Å². The normalized spacial score (nSPS) is 11.9. The topological polar surface area (TPSA) is 64.0 Å². The monoisotopic (exact) mass is 251 g/mol. The first-order chi connectivity index (χ1) is 7.03. The molecule has 7 heteroatoms. The van der Waals surface area contributed by atoms with Crippen LogP contribution in [0.5, 0.6) is 0 Å². The molecule has 0 amide bonds.